The minimum absolute atomic E-state index is 0.0101. The highest BCUT2D eigenvalue weighted by Gasteiger charge is 2.52. The first-order chi connectivity index (χ1) is 37.6. The van der Waals surface area contributed by atoms with Crippen molar-refractivity contribution in [2.45, 2.75) is 50.9 Å². The fourth-order valence-electron chi connectivity index (χ4n) is 13.9. The number of rotatable bonds is 6. The maximum Gasteiger partial charge on any atom is 0.0725 e. The molecule has 12 aromatic rings. The van der Waals surface area contributed by atoms with E-state index in [9.17, 15) is 0 Å². The molecule has 0 N–H and O–H groups in total. The molecule has 0 fully saturated rings. The van der Waals surface area contributed by atoms with Gasteiger partial charge in [-0.1, -0.05) is 241 Å². The van der Waals surface area contributed by atoms with Crippen LogP contribution in [0.15, 0.2) is 255 Å². The zero-order chi connectivity index (χ0) is 51.8. The summed E-state index contributed by atoms with van der Waals surface area (Å²) in [6.45, 7) is 11.7. The molecular weight excluding hydrogens is 927 g/mol. The van der Waals surface area contributed by atoms with E-state index < -0.39 is 5.41 Å². The van der Waals surface area contributed by atoms with Crippen LogP contribution in [-0.4, -0.2) is 0 Å². The van der Waals surface area contributed by atoms with Gasteiger partial charge in [0.15, 0.2) is 0 Å². The highest BCUT2D eigenvalue weighted by atomic mass is 15.1. The van der Waals surface area contributed by atoms with E-state index in [1.165, 1.54) is 127 Å². The monoisotopic (exact) mass is 983 g/mol. The van der Waals surface area contributed by atoms with Crippen LogP contribution in [0.2, 0.25) is 0 Å². The minimum atomic E-state index is -0.477. The third-order valence-corrected chi connectivity index (χ3v) is 17.6. The van der Waals surface area contributed by atoms with E-state index in [1.54, 1.807) is 0 Å². The predicted octanol–water partition coefficient (Wildman–Crippen LogP) is 20.4. The van der Waals surface area contributed by atoms with E-state index in [1.807, 2.05) is 0 Å². The third kappa shape index (κ3) is 6.66. The van der Waals surface area contributed by atoms with Crippen LogP contribution >= 0.6 is 0 Å². The fourth-order valence-corrected chi connectivity index (χ4v) is 13.9. The van der Waals surface area contributed by atoms with Crippen LogP contribution in [0.3, 0.4) is 0 Å². The maximum atomic E-state index is 2.54. The standard InChI is InChI=1S/C76H57N/c1-74(2,3)54-35-40-57(63(46-54)48-19-7-6-8-20-48)50-31-36-55(37-32-50)77(72-42-34-49-21-11-12-24-58(49)73(72)53-33-39-62-59-25-13-16-28-66(59)75(4,5)70(62)45-53)56-38-41-69-65(47-56)64-43-51-22-9-10-23-52(51)44-71(64)76(69)67-29-17-14-26-60(67)61-27-15-18-30-68(61)76/h6-47H,1-5H3. The van der Waals surface area contributed by atoms with E-state index in [4.69, 9.17) is 0 Å². The summed E-state index contributed by atoms with van der Waals surface area (Å²) >= 11 is 0. The SMILES string of the molecule is CC(C)(C)c1ccc(-c2ccc(N(c3ccc4c(c3)-c3cc5ccccc5cc3C43c4ccccc4-c4ccccc43)c3ccc4ccccc4c3-c3ccc4c(c3)C(C)(C)c3ccccc3-4)cc2)c(-c2ccccc2)c1. The highest BCUT2D eigenvalue weighted by molar-refractivity contribution is 6.07. The zero-order valence-corrected chi connectivity index (χ0v) is 44.2. The highest BCUT2D eigenvalue weighted by Crippen LogP contribution is 2.64. The average Bonchev–Trinajstić information content (AvgIpc) is 4.21. The topological polar surface area (TPSA) is 3.24 Å². The Morgan fingerprint density at radius 1 is 0.312 bits per heavy atom. The van der Waals surface area contributed by atoms with Gasteiger partial charge in [-0.25, -0.2) is 0 Å². The van der Waals surface area contributed by atoms with Crippen molar-refractivity contribution in [3.8, 4) is 66.8 Å². The first-order valence-electron chi connectivity index (χ1n) is 27.3. The molecule has 0 bridgehead atoms. The Balaban J connectivity index is 0.985. The lowest BCUT2D eigenvalue weighted by Gasteiger charge is -2.32. The summed E-state index contributed by atoms with van der Waals surface area (Å²) in [5, 5.41) is 4.94. The molecule has 0 unspecified atom stereocenters. The van der Waals surface area contributed by atoms with Crippen LogP contribution in [0.5, 0.6) is 0 Å². The molecule has 12 aromatic carbocycles. The van der Waals surface area contributed by atoms with Gasteiger partial charge in [0.25, 0.3) is 0 Å². The Hall–Kier alpha value is -9.04. The summed E-state index contributed by atoms with van der Waals surface area (Å²) in [6, 6.07) is 96.7. The largest absolute Gasteiger partial charge is 0.310 e. The van der Waals surface area contributed by atoms with Gasteiger partial charge in [0.2, 0.25) is 0 Å². The summed E-state index contributed by atoms with van der Waals surface area (Å²) in [5.41, 5.74) is 27.3. The van der Waals surface area contributed by atoms with Crippen molar-refractivity contribution >= 4 is 38.6 Å². The molecule has 15 rings (SSSR count). The molecule has 0 radical (unpaired) electrons. The van der Waals surface area contributed by atoms with Crippen molar-refractivity contribution in [2.75, 3.05) is 4.90 Å². The van der Waals surface area contributed by atoms with Gasteiger partial charge >= 0.3 is 0 Å². The molecule has 366 valence electrons. The number of hydrogen-bond donors (Lipinski definition) is 0. The Morgan fingerprint density at radius 2 is 0.844 bits per heavy atom. The maximum absolute atomic E-state index is 2.54. The molecule has 77 heavy (non-hydrogen) atoms. The summed E-state index contributed by atoms with van der Waals surface area (Å²) in [7, 11) is 0. The molecule has 0 saturated heterocycles. The average molecular weight is 984 g/mol. The van der Waals surface area contributed by atoms with Gasteiger partial charge in [-0.3, -0.25) is 0 Å². The molecule has 0 atom stereocenters. The summed E-state index contributed by atoms with van der Waals surface area (Å²) in [5.74, 6) is 0. The lowest BCUT2D eigenvalue weighted by atomic mass is 9.70. The van der Waals surface area contributed by atoms with Gasteiger partial charge in [-0.2, -0.15) is 0 Å². The second kappa shape index (κ2) is 16.7. The van der Waals surface area contributed by atoms with Crippen LogP contribution in [0, 0.1) is 0 Å². The quantitative estimate of drug-likeness (QED) is 0.160. The third-order valence-electron chi connectivity index (χ3n) is 17.6. The lowest BCUT2D eigenvalue weighted by molar-refractivity contribution is 0.590. The van der Waals surface area contributed by atoms with E-state index in [-0.39, 0.29) is 10.8 Å². The fraction of sp³-hybridized carbons (Fsp3) is 0.105. The molecule has 0 aliphatic heterocycles. The summed E-state index contributed by atoms with van der Waals surface area (Å²) in [4.78, 5) is 2.54. The van der Waals surface area contributed by atoms with Gasteiger partial charge < -0.3 is 4.90 Å². The van der Waals surface area contributed by atoms with Crippen molar-refractivity contribution in [1.29, 1.82) is 0 Å². The molecule has 0 amide bonds. The second-order valence-electron chi connectivity index (χ2n) is 23.2. The molecular formula is C76H57N. The van der Waals surface area contributed by atoms with Gasteiger partial charge in [0, 0.05) is 22.4 Å². The van der Waals surface area contributed by atoms with Crippen molar-refractivity contribution in [3.05, 3.63) is 294 Å². The van der Waals surface area contributed by atoms with Crippen molar-refractivity contribution in [3.63, 3.8) is 0 Å². The van der Waals surface area contributed by atoms with E-state index in [0.717, 1.165) is 17.1 Å². The normalized spacial score (nSPS) is 14.0. The van der Waals surface area contributed by atoms with Crippen LogP contribution in [0.25, 0.3) is 88.3 Å². The predicted molar refractivity (Wildman–Crippen MR) is 325 cm³/mol. The Morgan fingerprint density at radius 3 is 1.56 bits per heavy atom. The first kappa shape index (κ1) is 45.4. The molecule has 0 aromatic heterocycles. The van der Waals surface area contributed by atoms with Crippen LogP contribution in [0.1, 0.15) is 73.6 Å². The number of nitrogens with zero attached hydrogens (tertiary/aromatic N) is 1. The first-order valence-corrected chi connectivity index (χ1v) is 27.3. The number of hydrogen-bond acceptors (Lipinski definition) is 1. The van der Waals surface area contributed by atoms with Crippen LogP contribution in [0.4, 0.5) is 17.1 Å². The van der Waals surface area contributed by atoms with E-state index in [0.29, 0.717) is 0 Å². The van der Waals surface area contributed by atoms with Crippen LogP contribution < -0.4 is 4.90 Å². The lowest BCUT2D eigenvalue weighted by Crippen LogP contribution is -2.25. The second-order valence-corrected chi connectivity index (χ2v) is 23.2. The Bertz CT molecular complexity index is 4350. The van der Waals surface area contributed by atoms with Gasteiger partial charge in [-0.05, 0) is 176 Å². The molecule has 0 saturated carbocycles. The van der Waals surface area contributed by atoms with Crippen molar-refractivity contribution in [1.82, 2.24) is 0 Å². The Kier molecular flexibility index (Phi) is 9.86. The smallest absolute Gasteiger partial charge is 0.0725 e. The number of fused-ring (bicyclic) bond motifs is 15. The van der Waals surface area contributed by atoms with Crippen LogP contribution in [-0.2, 0) is 16.2 Å². The van der Waals surface area contributed by atoms with Gasteiger partial charge in [0.05, 0.1) is 11.1 Å². The molecule has 1 nitrogen and oxygen atoms in total. The molecule has 3 aliphatic rings. The number of benzene rings is 12. The van der Waals surface area contributed by atoms with E-state index in [2.05, 4.69) is 294 Å². The summed E-state index contributed by atoms with van der Waals surface area (Å²) in [6.07, 6.45) is 0. The van der Waals surface area contributed by atoms with Crippen molar-refractivity contribution in [2.24, 2.45) is 0 Å². The molecule has 0 heterocycles. The van der Waals surface area contributed by atoms with Gasteiger partial charge in [0.1, 0.15) is 0 Å². The summed E-state index contributed by atoms with van der Waals surface area (Å²) < 4.78 is 0. The molecule has 1 spiro atoms. The number of anilines is 3. The molecule has 1 heteroatoms. The Labute approximate surface area is 452 Å². The molecule has 3 aliphatic carbocycles. The minimum Gasteiger partial charge on any atom is -0.310 e. The van der Waals surface area contributed by atoms with Crippen molar-refractivity contribution < 1.29 is 0 Å². The zero-order valence-electron chi connectivity index (χ0n) is 44.2. The van der Waals surface area contributed by atoms with E-state index >= 15 is 0 Å². The van der Waals surface area contributed by atoms with Gasteiger partial charge in [-0.15, -0.1) is 0 Å².